The molecule has 1 saturated heterocycles. The molecule has 2 amide bonds. The molecule has 0 radical (unpaired) electrons. The number of nitrogens with zero attached hydrogens (tertiary/aromatic N) is 4. The Morgan fingerprint density at radius 1 is 1.40 bits per heavy atom. The zero-order chi connectivity index (χ0) is 14.4. The maximum Gasteiger partial charge on any atom is 0.317 e. The first-order valence-corrected chi connectivity index (χ1v) is 6.76. The van der Waals surface area contributed by atoms with Crippen LogP contribution in [0.1, 0.15) is 6.92 Å². The van der Waals surface area contributed by atoms with E-state index in [4.69, 9.17) is 4.74 Å². The SMILES string of the molecule is COC[C@H](C)NC(=O)N1CCN(c2cnccn2)CC1. The predicted molar refractivity (Wildman–Crippen MR) is 75.7 cm³/mol. The molecule has 7 nitrogen and oxygen atoms in total. The molecule has 1 atom stereocenters. The highest BCUT2D eigenvalue weighted by Gasteiger charge is 2.22. The second-order valence-electron chi connectivity index (χ2n) is 4.84. The molecule has 1 aliphatic heterocycles. The van der Waals surface area contributed by atoms with E-state index in [1.54, 1.807) is 25.7 Å². The minimum Gasteiger partial charge on any atom is -0.383 e. The lowest BCUT2D eigenvalue weighted by Crippen LogP contribution is -2.53. The Labute approximate surface area is 118 Å². The van der Waals surface area contributed by atoms with Crippen molar-refractivity contribution < 1.29 is 9.53 Å². The number of nitrogens with one attached hydrogen (secondary N) is 1. The Hall–Kier alpha value is -1.89. The quantitative estimate of drug-likeness (QED) is 0.861. The summed E-state index contributed by atoms with van der Waals surface area (Å²) < 4.78 is 5.01. The molecule has 2 rings (SSSR count). The van der Waals surface area contributed by atoms with Crippen molar-refractivity contribution in [3.05, 3.63) is 18.6 Å². The first-order chi connectivity index (χ1) is 9.70. The maximum absolute atomic E-state index is 12.0. The van der Waals surface area contributed by atoms with E-state index in [1.165, 1.54) is 0 Å². The monoisotopic (exact) mass is 279 g/mol. The number of aromatic nitrogens is 2. The van der Waals surface area contributed by atoms with E-state index in [2.05, 4.69) is 20.2 Å². The van der Waals surface area contributed by atoms with E-state index in [9.17, 15) is 4.79 Å². The summed E-state index contributed by atoms with van der Waals surface area (Å²) in [6.45, 7) is 5.35. The van der Waals surface area contributed by atoms with Gasteiger partial charge in [0.1, 0.15) is 5.82 Å². The van der Waals surface area contributed by atoms with Crippen LogP contribution in [-0.2, 0) is 4.74 Å². The number of carbonyl (C=O) groups is 1. The Kier molecular flexibility index (Phi) is 5.11. The van der Waals surface area contributed by atoms with Crippen LogP contribution < -0.4 is 10.2 Å². The number of piperazine rings is 1. The highest BCUT2D eigenvalue weighted by atomic mass is 16.5. The molecule has 110 valence electrons. The molecule has 1 fully saturated rings. The molecule has 0 saturated carbocycles. The van der Waals surface area contributed by atoms with Crippen molar-refractivity contribution in [2.24, 2.45) is 0 Å². The van der Waals surface area contributed by atoms with Gasteiger partial charge in [-0.2, -0.15) is 0 Å². The van der Waals surface area contributed by atoms with E-state index in [1.807, 2.05) is 11.8 Å². The zero-order valence-electron chi connectivity index (χ0n) is 12.0. The van der Waals surface area contributed by atoms with Gasteiger partial charge in [-0.05, 0) is 6.92 Å². The number of ether oxygens (including phenoxy) is 1. The minimum atomic E-state index is -0.0339. The lowest BCUT2D eigenvalue weighted by molar-refractivity contribution is 0.158. The van der Waals surface area contributed by atoms with Crippen molar-refractivity contribution >= 4 is 11.8 Å². The number of urea groups is 1. The minimum absolute atomic E-state index is 0.0190. The fourth-order valence-electron chi connectivity index (χ4n) is 2.19. The lowest BCUT2D eigenvalue weighted by Gasteiger charge is -2.35. The number of hydrogen-bond donors (Lipinski definition) is 1. The molecule has 0 aromatic carbocycles. The summed E-state index contributed by atoms with van der Waals surface area (Å²) in [5.41, 5.74) is 0. The molecule has 1 aromatic heterocycles. The van der Waals surface area contributed by atoms with Crippen LogP contribution in [0.15, 0.2) is 18.6 Å². The van der Waals surface area contributed by atoms with Gasteiger partial charge in [0.2, 0.25) is 0 Å². The van der Waals surface area contributed by atoms with Crippen LogP contribution in [0.4, 0.5) is 10.6 Å². The second kappa shape index (κ2) is 7.04. The molecular formula is C13H21N5O2. The topological polar surface area (TPSA) is 70.6 Å². The Bertz CT molecular complexity index is 420. The third-order valence-corrected chi connectivity index (χ3v) is 3.23. The Balaban J connectivity index is 1.80. The molecule has 0 aliphatic carbocycles. The predicted octanol–water partition coefficient (Wildman–Crippen LogP) is 0.343. The van der Waals surface area contributed by atoms with Gasteiger partial charge < -0.3 is 19.9 Å². The van der Waals surface area contributed by atoms with Crippen molar-refractivity contribution in [1.82, 2.24) is 20.2 Å². The van der Waals surface area contributed by atoms with Crippen molar-refractivity contribution in [3.8, 4) is 0 Å². The third-order valence-electron chi connectivity index (χ3n) is 3.23. The highest BCUT2D eigenvalue weighted by Crippen LogP contribution is 2.11. The van der Waals surface area contributed by atoms with Gasteiger partial charge in [-0.3, -0.25) is 4.98 Å². The number of amides is 2. The van der Waals surface area contributed by atoms with Crippen LogP contribution in [0.3, 0.4) is 0 Å². The fraction of sp³-hybridized carbons (Fsp3) is 0.615. The molecule has 20 heavy (non-hydrogen) atoms. The van der Waals surface area contributed by atoms with E-state index in [0.29, 0.717) is 19.7 Å². The van der Waals surface area contributed by atoms with E-state index in [-0.39, 0.29) is 12.1 Å². The normalized spacial score (nSPS) is 16.9. The number of hydrogen-bond acceptors (Lipinski definition) is 5. The standard InChI is InChI=1S/C13H21N5O2/c1-11(10-20-2)16-13(19)18-7-5-17(6-8-18)12-9-14-3-4-15-12/h3-4,9,11H,5-8,10H2,1-2H3,(H,16,19)/t11-/m0/s1. The molecular weight excluding hydrogens is 258 g/mol. The smallest absolute Gasteiger partial charge is 0.317 e. The van der Waals surface area contributed by atoms with Crippen molar-refractivity contribution in [1.29, 1.82) is 0 Å². The number of rotatable bonds is 4. The molecule has 0 bridgehead atoms. The lowest BCUT2D eigenvalue weighted by atomic mass is 10.3. The molecule has 7 heteroatoms. The van der Waals surface area contributed by atoms with Gasteiger partial charge in [0.15, 0.2) is 0 Å². The fourth-order valence-corrected chi connectivity index (χ4v) is 2.19. The van der Waals surface area contributed by atoms with Gasteiger partial charge in [-0.15, -0.1) is 0 Å². The van der Waals surface area contributed by atoms with Crippen molar-refractivity contribution in [2.75, 3.05) is 44.8 Å². The number of methoxy groups -OCH3 is 1. The van der Waals surface area contributed by atoms with E-state index >= 15 is 0 Å². The van der Waals surface area contributed by atoms with Crippen LogP contribution in [0.5, 0.6) is 0 Å². The largest absolute Gasteiger partial charge is 0.383 e. The molecule has 1 aromatic rings. The molecule has 0 spiro atoms. The first kappa shape index (κ1) is 14.5. The average Bonchev–Trinajstić information content (AvgIpc) is 2.48. The van der Waals surface area contributed by atoms with Crippen LogP contribution in [0.25, 0.3) is 0 Å². The molecule has 2 heterocycles. The summed E-state index contributed by atoms with van der Waals surface area (Å²) >= 11 is 0. The summed E-state index contributed by atoms with van der Waals surface area (Å²) in [5, 5.41) is 2.92. The van der Waals surface area contributed by atoms with Crippen molar-refractivity contribution in [2.45, 2.75) is 13.0 Å². The molecule has 1 aliphatic rings. The second-order valence-corrected chi connectivity index (χ2v) is 4.84. The van der Waals surface area contributed by atoms with Crippen LogP contribution >= 0.6 is 0 Å². The summed E-state index contributed by atoms with van der Waals surface area (Å²) in [6.07, 6.45) is 5.08. The van der Waals surface area contributed by atoms with Gasteiger partial charge in [-0.1, -0.05) is 0 Å². The average molecular weight is 279 g/mol. The number of carbonyl (C=O) groups excluding carboxylic acids is 1. The zero-order valence-corrected chi connectivity index (χ0v) is 12.0. The van der Waals surface area contributed by atoms with Gasteiger partial charge in [0.05, 0.1) is 18.8 Å². The summed E-state index contributed by atoms with van der Waals surface area (Å²) in [7, 11) is 1.63. The van der Waals surface area contributed by atoms with E-state index < -0.39 is 0 Å². The molecule has 1 N–H and O–H groups in total. The van der Waals surface area contributed by atoms with Crippen LogP contribution in [0, 0.1) is 0 Å². The Morgan fingerprint density at radius 3 is 2.75 bits per heavy atom. The summed E-state index contributed by atoms with van der Waals surface area (Å²) in [5.74, 6) is 0.861. The van der Waals surface area contributed by atoms with Crippen LogP contribution in [0.2, 0.25) is 0 Å². The highest BCUT2D eigenvalue weighted by molar-refractivity contribution is 5.74. The van der Waals surface area contributed by atoms with E-state index in [0.717, 1.165) is 18.9 Å². The van der Waals surface area contributed by atoms with Gasteiger partial charge in [-0.25, -0.2) is 9.78 Å². The third kappa shape index (κ3) is 3.80. The summed E-state index contributed by atoms with van der Waals surface area (Å²) in [6, 6.07) is -0.0149. The van der Waals surface area contributed by atoms with Gasteiger partial charge in [0.25, 0.3) is 0 Å². The maximum atomic E-state index is 12.0. The first-order valence-electron chi connectivity index (χ1n) is 6.76. The Morgan fingerprint density at radius 2 is 2.15 bits per heavy atom. The van der Waals surface area contributed by atoms with Crippen LogP contribution in [-0.4, -0.2) is 66.8 Å². The number of anilines is 1. The summed E-state index contributed by atoms with van der Waals surface area (Å²) in [4.78, 5) is 24.3. The van der Waals surface area contributed by atoms with Gasteiger partial charge in [0, 0.05) is 45.7 Å². The van der Waals surface area contributed by atoms with Gasteiger partial charge >= 0.3 is 6.03 Å². The van der Waals surface area contributed by atoms with Crippen molar-refractivity contribution in [3.63, 3.8) is 0 Å². The molecule has 0 unspecified atom stereocenters.